The predicted octanol–water partition coefficient (Wildman–Crippen LogP) is 2.73. The van der Waals surface area contributed by atoms with E-state index in [9.17, 15) is 4.79 Å². The van der Waals surface area contributed by atoms with Crippen molar-refractivity contribution >= 4 is 29.0 Å². The number of nitriles is 1. The molecular formula is C25H29N9O. The van der Waals surface area contributed by atoms with Gasteiger partial charge in [0.05, 0.1) is 16.8 Å². The van der Waals surface area contributed by atoms with E-state index in [1.54, 1.807) is 18.3 Å². The maximum atomic E-state index is 12.0. The molecule has 35 heavy (non-hydrogen) atoms. The summed E-state index contributed by atoms with van der Waals surface area (Å²) in [5.41, 5.74) is 8.26. The number of rotatable bonds is 8. The average Bonchev–Trinajstić information content (AvgIpc) is 2.85. The number of aromatic nitrogens is 3. The highest BCUT2D eigenvalue weighted by atomic mass is 16.1. The fraction of sp³-hybridized carbons (Fsp3) is 0.320. The van der Waals surface area contributed by atoms with Crippen molar-refractivity contribution in [3.05, 3.63) is 65.6 Å². The van der Waals surface area contributed by atoms with Crippen LogP contribution in [0.5, 0.6) is 0 Å². The van der Waals surface area contributed by atoms with Crippen molar-refractivity contribution in [3.63, 3.8) is 0 Å². The Bertz CT molecular complexity index is 1200. The second-order valence-corrected chi connectivity index (χ2v) is 8.82. The van der Waals surface area contributed by atoms with Gasteiger partial charge in [-0.3, -0.25) is 4.79 Å². The fourth-order valence-electron chi connectivity index (χ4n) is 4.04. The topological polar surface area (TPSA) is 136 Å². The number of hydrogen-bond acceptors (Lipinski definition) is 9. The van der Waals surface area contributed by atoms with Crippen LogP contribution in [0.15, 0.2) is 48.9 Å². The highest BCUT2D eigenvalue weighted by molar-refractivity contribution is 5.98. The molecule has 1 aliphatic heterocycles. The summed E-state index contributed by atoms with van der Waals surface area (Å²) in [5.74, 6) is 1.57. The van der Waals surface area contributed by atoms with Gasteiger partial charge >= 0.3 is 0 Å². The first-order valence-corrected chi connectivity index (χ1v) is 11.5. The first-order valence-electron chi connectivity index (χ1n) is 11.5. The van der Waals surface area contributed by atoms with Crippen LogP contribution in [0.1, 0.15) is 34.3 Å². The van der Waals surface area contributed by atoms with Gasteiger partial charge in [0.15, 0.2) is 0 Å². The number of carbonyl (C=O) groups excluding carboxylic acids is 1. The molecule has 0 aromatic carbocycles. The zero-order chi connectivity index (χ0) is 24.8. The van der Waals surface area contributed by atoms with Crippen LogP contribution < -0.4 is 21.3 Å². The number of carbonyl (C=O) groups is 1. The van der Waals surface area contributed by atoms with Crippen LogP contribution in [0.4, 0.5) is 23.1 Å². The summed E-state index contributed by atoms with van der Waals surface area (Å²) >= 11 is 0. The van der Waals surface area contributed by atoms with Gasteiger partial charge in [0.25, 0.3) is 5.91 Å². The highest BCUT2D eigenvalue weighted by Gasteiger charge is 2.22. The lowest BCUT2D eigenvalue weighted by Gasteiger charge is -2.34. The van der Waals surface area contributed by atoms with Gasteiger partial charge < -0.3 is 26.2 Å². The lowest BCUT2D eigenvalue weighted by Crippen LogP contribution is -2.39. The van der Waals surface area contributed by atoms with Gasteiger partial charge in [0, 0.05) is 50.3 Å². The Morgan fingerprint density at radius 2 is 1.89 bits per heavy atom. The first-order chi connectivity index (χ1) is 16.9. The molecule has 10 heteroatoms. The molecule has 0 saturated carbocycles. The van der Waals surface area contributed by atoms with Crippen molar-refractivity contribution in [1.82, 2.24) is 19.9 Å². The van der Waals surface area contributed by atoms with Crippen molar-refractivity contribution in [1.29, 1.82) is 5.26 Å². The third-order valence-electron chi connectivity index (χ3n) is 5.80. The Kier molecular flexibility index (Phi) is 7.38. The van der Waals surface area contributed by atoms with Crippen LogP contribution in [0.3, 0.4) is 0 Å². The van der Waals surface area contributed by atoms with Crippen LogP contribution in [0.25, 0.3) is 0 Å². The molecule has 1 saturated heterocycles. The SMILES string of the molecule is CN(C)Cc1ccc(Nc2cc(NC3CCN(c4ccc(C#N)cn4)CC3)c(C(N)=O)cn2)nc1. The Labute approximate surface area is 204 Å². The predicted molar refractivity (Wildman–Crippen MR) is 135 cm³/mol. The Balaban J connectivity index is 1.41. The van der Waals surface area contributed by atoms with E-state index >= 15 is 0 Å². The molecule has 1 amide bonds. The Morgan fingerprint density at radius 3 is 2.49 bits per heavy atom. The molecule has 10 nitrogen and oxygen atoms in total. The molecule has 4 rings (SSSR count). The molecule has 180 valence electrons. The molecule has 0 aliphatic carbocycles. The number of nitrogens with two attached hydrogens (primary N) is 1. The summed E-state index contributed by atoms with van der Waals surface area (Å²) in [6.45, 7) is 2.43. The van der Waals surface area contributed by atoms with E-state index in [1.807, 2.05) is 38.5 Å². The molecule has 0 atom stereocenters. The van der Waals surface area contributed by atoms with E-state index in [0.717, 1.165) is 43.9 Å². The number of nitrogens with one attached hydrogen (secondary N) is 2. The van der Waals surface area contributed by atoms with Crippen LogP contribution in [0.2, 0.25) is 0 Å². The summed E-state index contributed by atoms with van der Waals surface area (Å²) < 4.78 is 0. The van der Waals surface area contributed by atoms with Crippen molar-refractivity contribution in [3.8, 4) is 6.07 Å². The summed E-state index contributed by atoms with van der Waals surface area (Å²) in [6.07, 6.45) is 6.63. The molecule has 4 N–H and O–H groups in total. The molecule has 0 unspecified atom stereocenters. The first kappa shape index (κ1) is 23.9. The highest BCUT2D eigenvalue weighted by Crippen LogP contribution is 2.25. The molecule has 0 bridgehead atoms. The summed E-state index contributed by atoms with van der Waals surface area (Å²) in [6, 6.07) is 11.6. The number of hydrogen-bond donors (Lipinski definition) is 3. The van der Waals surface area contributed by atoms with Gasteiger partial charge in [-0.05, 0) is 50.7 Å². The van der Waals surface area contributed by atoms with Crippen molar-refractivity contribution in [2.75, 3.05) is 42.7 Å². The molecule has 0 spiro atoms. The third-order valence-corrected chi connectivity index (χ3v) is 5.80. The molecule has 1 aliphatic rings. The molecule has 0 radical (unpaired) electrons. The Hall–Kier alpha value is -4.23. The smallest absolute Gasteiger partial charge is 0.252 e. The third kappa shape index (κ3) is 6.22. The number of piperidine rings is 1. The monoisotopic (exact) mass is 471 g/mol. The lowest BCUT2D eigenvalue weighted by molar-refractivity contribution is 0.100. The van der Waals surface area contributed by atoms with Crippen LogP contribution >= 0.6 is 0 Å². The second kappa shape index (κ2) is 10.8. The minimum absolute atomic E-state index is 0.168. The van der Waals surface area contributed by atoms with E-state index in [-0.39, 0.29) is 6.04 Å². The van der Waals surface area contributed by atoms with Crippen LogP contribution in [-0.2, 0) is 6.54 Å². The minimum Gasteiger partial charge on any atom is -0.381 e. The zero-order valence-corrected chi connectivity index (χ0v) is 19.9. The molecular weight excluding hydrogens is 442 g/mol. The van der Waals surface area contributed by atoms with E-state index < -0.39 is 5.91 Å². The van der Waals surface area contributed by atoms with Crippen LogP contribution in [0, 0.1) is 11.3 Å². The summed E-state index contributed by atoms with van der Waals surface area (Å²) in [7, 11) is 4.03. The number of nitrogens with zero attached hydrogens (tertiary/aromatic N) is 6. The zero-order valence-electron chi connectivity index (χ0n) is 19.9. The maximum absolute atomic E-state index is 12.0. The van der Waals surface area contributed by atoms with Crippen molar-refractivity contribution < 1.29 is 4.79 Å². The summed E-state index contributed by atoms with van der Waals surface area (Å²) in [4.78, 5) is 29.5. The van der Waals surface area contributed by atoms with Gasteiger partial charge in [0.1, 0.15) is 23.5 Å². The van der Waals surface area contributed by atoms with Crippen LogP contribution in [-0.4, -0.2) is 59.0 Å². The van der Waals surface area contributed by atoms with E-state index in [0.29, 0.717) is 28.5 Å². The number of anilines is 4. The normalized spacial score (nSPS) is 13.9. The standard InChI is InChI=1S/C25H29N9O/c1-33(2)16-18-3-5-22(28-14-18)32-23-11-21(20(15-29-23)25(27)35)31-19-7-9-34(10-8-19)24-6-4-17(12-26)13-30-24/h3-6,11,13-15,19H,7-10,16H2,1-2H3,(H2,27,35)(H2,28,29,31,32). The fourth-order valence-corrected chi connectivity index (χ4v) is 4.04. The largest absolute Gasteiger partial charge is 0.381 e. The quantitative estimate of drug-likeness (QED) is 0.453. The van der Waals surface area contributed by atoms with Gasteiger partial charge in [-0.1, -0.05) is 6.07 Å². The Morgan fingerprint density at radius 1 is 1.11 bits per heavy atom. The van der Waals surface area contributed by atoms with E-state index in [2.05, 4.69) is 41.5 Å². The number of primary amides is 1. The van der Waals surface area contributed by atoms with Crippen molar-refractivity contribution in [2.24, 2.45) is 5.73 Å². The summed E-state index contributed by atoms with van der Waals surface area (Å²) in [5, 5.41) is 15.6. The molecule has 1 fully saturated rings. The lowest BCUT2D eigenvalue weighted by atomic mass is 10.0. The van der Waals surface area contributed by atoms with Crippen molar-refractivity contribution in [2.45, 2.75) is 25.4 Å². The minimum atomic E-state index is -0.531. The van der Waals surface area contributed by atoms with E-state index in [1.165, 1.54) is 6.20 Å². The van der Waals surface area contributed by atoms with Gasteiger partial charge in [-0.25, -0.2) is 15.0 Å². The van der Waals surface area contributed by atoms with Gasteiger partial charge in [-0.2, -0.15) is 5.26 Å². The molecule has 3 aromatic heterocycles. The number of pyridine rings is 3. The maximum Gasteiger partial charge on any atom is 0.252 e. The van der Waals surface area contributed by atoms with E-state index in [4.69, 9.17) is 11.0 Å². The number of amides is 1. The van der Waals surface area contributed by atoms with Gasteiger partial charge in [-0.15, -0.1) is 0 Å². The molecule has 4 heterocycles. The molecule has 3 aromatic rings. The van der Waals surface area contributed by atoms with Gasteiger partial charge in [0.2, 0.25) is 0 Å². The average molecular weight is 472 g/mol. The second-order valence-electron chi connectivity index (χ2n) is 8.82.